The van der Waals surface area contributed by atoms with Crippen molar-refractivity contribution in [3.63, 3.8) is 0 Å². The number of pyridine rings is 1. The monoisotopic (exact) mass is 280 g/mol. The van der Waals surface area contributed by atoms with Crippen molar-refractivity contribution in [1.29, 1.82) is 0 Å². The lowest BCUT2D eigenvalue weighted by molar-refractivity contribution is -0.138. The van der Waals surface area contributed by atoms with Gasteiger partial charge in [-0.25, -0.2) is 0 Å². The summed E-state index contributed by atoms with van der Waals surface area (Å²) >= 11 is 0. The predicted octanol–water partition coefficient (Wildman–Crippen LogP) is 3.95. The van der Waals surface area contributed by atoms with Crippen LogP contribution in [0.3, 0.4) is 0 Å². The minimum atomic E-state index is -4.32. The molecule has 1 atom stereocenters. The number of rotatable bonds is 4. The molecule has 0 saturated heterocycles. The van der Waals surface area contributed by atoms with Gasteiger partial charge in [0.15, 0.2) is 0 Å². The van der Waals surface area contributed by atoms with Gasteiger partial charge in [-0.05, 0) is 30.2 Å². The maximum absolute atomic E-state index is 12.9. The second-order valence-corrected chi connectivity index (χ2v) is 4.54. The lowest BCUT2D eigenvalue weighted by atomic mass is 10.1. The number of aromatic nitrogens is 1. The van der Waals surface area contributed by atoms with E-state index in [1.165, 1.54) is 12.1 Å². The number of alkyl halides is 3. The summed E-state index contributed by atoms with van der Waals surface area (Å²) in [6, 6.07) is 9.23. The zero-order chi connectivity index (χ0) is 14.6. The maximum Gasteiger partial charge on any atom is 0.416 e. The van der Waals surface area contributed by atoms with Gasteiger partial charge in [-0.3, -0.25) is 4.98 Å². The van der Waals surface area contributed by atoms with Crippen molar-refractivity contribution in [3.8, 4) is 0 Å². The first kappa shape index (κ1) is 14.5. The number of hydrogen-bond donors (Lipinski definition) is 1. The molecule has 20 heavy (non-hydrogen) atoms. The zero-order valence-corrected chi connectivity index (χ0v) is 11.0. The Morgan fingerprint density at radius 1 is 1.15 bits per heavy atom. The van der Waals surface area contributed by atoms with Gasteiger partial charge in [0.25, 0.3) is 0 Å². The average Bonchev–Trinajstić information content (AvgIpc) is 2.45. The van der Waals surface area contributed by atoms with Gasteiger partial charge in [-0.1, -0.05) is 24.3 Å². The summed E-state index contributed by atoms with van der Waals surface area (Å²) in [6.45, 7) is 2.05. The van der Waals surface area contributed by atoms with E-state index in [0.717, 1.165) is 11.6 Å². The molecule has 0 fully saturated rings. The highest BCUT2D eigenvalue weighted by atomic mass is 19.4. The molecule has 0 bridgehead atoms. The van der Waals surface area contributed by atoms with Gasteiger partial charge < -0.3 is 5.32 Å². The highest BCUT2D eigenvalue weighted by Gasteiger charge is 2.32. The molecule has 0 saturated carbocycles. The van der Waals surface area contributed by atoms with Crippen molar-refractivity contribution in [2.45, 2.75) is 25.7 Å². The molecule has 106 valence electrons. The van der Waals surface area contributed by atoms with E-state index < -0.39 is 11.7 Å². The topological polar surface area (TPSA) is 24.9 Å². The molecule has 5 heteroatoms. The van der Waals surface area contributed by atoms with Gasteiger partial charge in [-0.2, -0.15) is 13.2 Å². The van der Waals surface area contributed by atoms with Gasteiger partial charge in [0.2, 0.25) is 0 Å². The minimum Gasteiger partial charge on any atom is -0.306 e. The molecule has 2 aromatic rings. The average molecular weight is 280 g/mol. The first-order valence-electron chi connectivity index (χ1n) is 6.27. The molecule has 0 aliphatic rings. The first-order valence-corrected chi connectivity index (χ1v) is 6.27. The Morgan fingerprint density at radius 2 is 1.90 bits per heavy atom. The van der Waals surface area contributed by atoms with Gasteiger partial charge >= 0.3 is 6.18 Å². The molecule has 2 nitrogen and oxygen atoms in total. The maximum atomic E-state index is 12.9. The van der Waals surface area contributed by atoms with Gasteiger partial charge in [0.1, 0.15) is 0 Å². The standard InChI is InChI=1S/C15H15F3N2/c1-11(12-6-4-8-19-9-12)20-10-13-5-2-3-7-14(13)15(16,17)18/h2-9,11,20H,10H2,1H3/t11-/m1/s1. The molecular weight excluding hydrogens is 265 g/mol. The van der Waals surface area contributed by atoms with Gasteiger partial charge in [0.05, 0.1) is 5.56 Å². The van der Waals surface area contributed by atoms with Crippen LogP contribution in [0.2, 0.25) is 0 Å². The van der Waals surface area contributed by atoms with Gasteiger partial charge in [-0.15, -0.1) is 0 Å². The van der Waals surface area contributed by atoms with E-state index >= 15 is 0 Å². The van der Waals surface area contributed by atoms with E-state index in [4.69, 9.17) is 0 Å². The van der Waals surface area contributed by atoms with Crippen molar-refractivity contribution < 1.29 is 13.2 Å². The molecule has 1 aromatic carbocycles. The second kappa shape index (κ2) is 6.05. The van der Waals surface area contributed by atoms with E-state index in [1.54, 1.807) is 24.5 Å². The Morgan fingerprint density at radius 3 is 2.55 bits per heavy atom. The van der Waals surface area contributed by atoms with Crippen LogP contribution in [0, 0.1) is 0 Å². The smallest absolute Gasteiger partial charge is 0.306 e. The van der Waals surface area contributed by atoms with E-state index in [-0.39, 0.29) is 18.2 Å². The van der Waals surface area contributed by atoms with Crippen LogP contribution in [-0.4, -0.2) is 4.98 Å². The largest absolute Gasteiger partial charge is 0.416 e. The Kier molecular flexibility index (Phi) is 4.39. The van der Waals surface area contributed by atoms with Crippen molar-refractivity contribution in [1.82, 2.24) is 10.3 Å². The van der Waals surface area contributed by atoms with Crippen LogP contribution >= 0.6 is 0 Å². The normalized spacial score (nSPS) is 13.2. The van der Waals surface area contributed by atoms with Crippen molar-refractivity contribution in [2.24, 2.45) is 0 Å². The lowest BCUT2D eigenvalue weighted by Crippen LogP contribution is -2.20. The molecular formula is C15H15F3N2. The summed E-state index contributed by atoms with van der Waals surface area (Å²) in [6.07, 6.45) is -0.960. The van der Waals surface area contributed by atoms with Crippen LogP contribution in [-0.2, 0) is 12.7 Å². The third-order valence-corrected chi connectivity index (χ3v) is 3.11. The lowest BCUT2D eigenvalue weighted by Gasteiger charge is -2.17. The van der Waals surface area contributed by atoms with E-state index in [0.29, 0.717) is 0 Å². The van der Waals surface area contributed by atoms with E-state index in [9.17, 15) is 13.2 Å². The number of hydrogen-bond acceptors (Lipinski definition) is 2. The Hall–Kier alpha value is -1.88. The number of halogens is 3. The highest BCUT2D eigenvalue weighted by Crippen LogP contribution is 2.31. The van der Waals surface area contributed by atoms with Crippen molar-refractivity contribution >= 4 is 0 Å². The van der Waals surface area contributed by atoms with E-state index in [2.05, 4.69) is 10.3 Å². The molecule has 0 aliphatic carbocycles. The van der Waals surface area contributed by atoms with E-state index in [1.807, 2.05) is 13.0 Å². The number of nitrogens with zero attached hydrogens (tertiary/aromatic N) is 1. The van der Waals surface area contributed by atoms with Crippen molar-refractivity contribution in [3.05, 3.63) is 65.5 Å². The third kappa shape index (κ3) is 3.57. The van der Waals surface area contributed by atoms with Crippen LogP contribution in [0.4, 0.5) is 13.2 Å². The fourth-order valence-corrected chi connectivity index (χ4v) is 1.96. The summed E-state index contributed by atoms with van der Waals surface area (Å²) < 4.78 is 38.6. The SMILES string of the molecule is C[C@@H](NCc1ccccc1C(F)(F)F)c1cccnc1. The third-order valence-electron chi connectivity index (χ3n) is 3.11. The first-order chi connectivity index (χ1) is 9.48. The molecule has 0 unspecified atom stereocenters. The summed E-state index contributed by atoms with van der Waals surface area (Å²) in [7, 11) is 0. The summed E-state index contributed by atoms with van der Waals surface area (Å²) in [5.74, 6) is 0. The molecule has 0 radical (unpaired) electrons. The van der Waals surface area contributed by atoms with Crippen LogP contribution in [0.1, 0.15) is 29.7 Å². The quantitative estimate of drug-likeness (QED) is 0.917. The van der Waals surface area contributed by atoms with Crippen LogP contribution < -0.4 is 5.32 Å². The summed E-state index contributed by atoms with van der Waals surface area (Å²) in [5, 5.41) is 3.09. The summed E-state index contributed by atoms with van der Waals surface area (Å²) in [5.41, 5.74) is 0.596. The fraction of sp³-hybridized carbons (Fsp3) is 0.267. The zero-order valence-electron chi connectivity index (χ0n) is 11.0. The number of nitrogens with one attached hydrogen (secondary N) is 1. The molecule has 0 aliphatic heterocycles. The fourth-order valence-electron chi connectivity index (χ4n) is 1.96. The van der Waals surface area contributed by atoms with Crippen LogP contribution in [0.25, 0.3) is 0 Å². The Bertz CT molecular complexity index is 553. The van der Waals surface area contributed by atoms with Crippen LogP contribution in [0.15, 0.2) is 48.8 Å². The highest BCUT2D eigenvalue weighted by molar-refractivity contribution is 5.29. The Balaban J connectivity index is 2.08. The molecule has 1 N–H and O–H groups in total. The van der Waals surface area contributed by atoms with Crippen molar-refractivity contribution in [2.75, 3.05) is 0 Å². The molecule has 1 heterocycles. The van der Waals surface area contributed by atoms with Gasteiger partial charge in [0, 0.05) is 25.0 Å². The predicted molar refractivity (Wildman–Crippen MR) is 70.9 cm³/mol. The second-order valence-electron chi connectivity index (χ2n) is 4.54. The molecule has 0 amide bonds. The molecule has 2 rings (SSSR count). The molecule has 1 aromatic heterocycles. The minimum absolute atomic E-state index is 0.0648. The molecule has 0 spiro atoms. The summed E-state index contributed by atoms with van der Waals surface area (Å²) in [4.78, 5) is 4.00. The number of benzene rings is 1. The Labute approximate surface area is 115 Å². The van der Waals surface area contributed by atoms with Crippen LogP contribution in [0.5, 0.6) is 0 Å².